The zero-order valence-electron chi connectivity index (χ0n) is 19.9. The number of fused-ring (bicyclic) bond motifs is 5. The Labute approximate surface area is 201 Å². The van der Waals surface area contributed by atoms with Gasteiger partial charge in [-0.2, -0.15) is 0 Å². The van der Waals surface area contributed by atoms with E-state index in [1.165, 1.54) is 25.0 Å². The molecule has 0 saturated heterocycles. The van der Waals surface area contributed by atoms with Gasteiger partial charge in [0, 0.05) is 25.1 Å². The van der Waals surface area contributed by atoms with Gasteiger partial charge in [0.15, 0.2) is 11.9 Å². The van der Waals surface area contributed by atoms with Crippen LogP contribution in [0.2, 0.25) is 0 Å². The van der Waals surface area contributed by atoms with Crippen molar-refractivity contribution in [2.24, 2.45) is 23.2 Å². The number of rotatable bonds is 7. The molecule has 6 heteroatoms. The summed E-state index contributed by atoms with van der Waals surface area (Å²) in [5.74, 6) is 2.09. The van der Waals surface area contributed by atoms with Gasteiger partial charge in [-0.1, -0.05) is 25.8 Å². The average molecular weight is 475 g/mol. The Balaban J connectivity index is 1.66. The molecule has 33 heavy (non-hydrogen) atoms. The van der Waals surface area contributed by atoms with Crippen LogP contribution in [-0.2, 0) is 25.5 Å². The molecule has 3 aliphatic rings. The Hall–Kier alpha value is -1.88. The molecule has 0 bridgehead atoms. The number of Topliss-reactive ketones (excluding diaryl/α,β-unsaturated/α-hetero) is 1. The molecule has 0 spiro atoms. The van der Waals surface area contributed by atoms with Crippen molar-refractivity contribution in [3.8, 4) is 5.75 Å². The van der Waals surface area contributed by atoms with E-state index in [9.17, 15) is 14.4 Å². The molecule has 2 saturated carbocycles. The summed E-state index contributed by atoms with van der Waals surface area (Å²) in [7, 11) is 0. The number of halogens is 1. The lowest BCUT2D eigenvalue weighted by Crippen LogP contribution is -2.47. The summed E-state index contributed by atoms with van der Waals surface area (Å²) >= 11 is 5.90. The van der Waals surface area contributed by atoms with E-state index in [1.807, 2.05) is 12.1 Å². The van der Waals surface area contributed by atoms with Crippen molar-refractivity contribution >= 4 is 29.3 Å². The monoisotopic (exact) mass is 474 g/mol. The smallest absolute Gasteiger partial charge is 0.308 e. The summed E-state index contributed by atoms with van der Waals surface area (Å²) in [5.41, 5.74) is 2.16. The van der Waals surface area contributed by atoms with Crippen LogP contribution in [0.15, 0.2) is 18.2 Å². The normalized spacial score (nSPS) is 32.5. The molecule has 5 nitrogen and oxygen atoms in total. The summed E-state index contributed by atoms with van der Waals surface area (Å²) in [6.45, 7) is 4.92. The molecule has 6 atom stereocenters. The number of hydrogen-bond donors (Lipinski definition) is 0. The number of unbranched alkanes of at least 4 members (excludes halogenated alkanes) is 2. The van der Waals surface area contributed by atoms with E-state index in [4.69, 9.17) is 21.1 Å². The minimum absolute atomic E-state index is 0.114. The van der Waals surface area contributed by atoms with Gasteiger partial charge >= 0.3 is 11.9 Å². The fourth-order valence-corrected chi connectivity index (χ4v) is 7.31. The van der Waals surface area contributed by atoms with E-state index in [0.717, 1.165) is 44.9 Å². The topological polar surface area (TPSA) is 69.7 Å². The lowest BCUT2D eigenvalue weighted by atomic mass is 9.51. The Morgan fingerprint density at radius 1 is 1.15 bits per heavy atom. The highest BCUT2D eigenvalue weighted by Crippen LogP contribution is 2.62. The molecule has 3 aliphatic carbocycles. The third kappa shape index (κ3) is 4.71. The number of benzene rings is 1. The number of carbonyl (C=O) groups is 3. The molecule has 2 unspecified atom stereocenters. The molecule has 4 rings (SSSR count). The lowest BCUT2D eigenvalue weighted by Gasteiger charge is -2.52. The predicted molar refractivity (Wildman–Crippen MR) is 126 cm³/mol. The summed E-state index contributed by atoms with van der Waals surface area (Å²) < 4.78 is 10.8. The Morgan fingerprint density at radius 3 is 2.64 bits per heavy atom. The quantitative estimate of drug-likeness (QED) is 0.222. The molecule has 0 aromatic heterocycles. The first-order chi connectivity index (χ1) is 15.7. The molecule has 0 aliphatic heterocycles. The van der Waals surface area contributed by atoms with Crippen LogP contribution in [0.3, 0.4) is 0 Å². The van der Waals surface area contributed by atoms with Crippen LogP contribution >= 0.6 is 11.6 Å². The highest BCUT2D eigenvalue weighted by Gasteiger charge is 2.61. The van der Waals surface area contributed by atoms with Gasteiger partial charge in [0.25, 0.3) is 0 Å². The Morgan fingerprint density at radius 2 is 1.94 bits per heavy atom. The Bertz CT molecular complexity index is 927. The number of alkyl halides is 1. The maximum absolute atomic E-state index is 13.4. The van der Waals surface area contributed by atoms with E-state index in [1.54, 1.807) is 0 Å². The van der Waals surface area contributed by atoms with Crippen LogP contribution in [-0.4, -0.2) is 29.7 Å². The molecule has 2 fully saturated rings. The van der Waals surface area contributed by atoms with Crippen LogP contribution in [0.1, 0.15) is 82.8 Å². The minimum atomic E-state index is -0.610. The molecule has 1 aromatic rings. The van der Waals surface area contributed by atoms with Crippen molar-refractivity contribution in [1.82, 2.24) is 0 Å². The summed E-state index contributed by atoms with van der Waals surface area (Å²) in [5, 5.41) is 0. The number of hydrogen-bond acceptors (Lipinski definition) is 5. The molecule has 0 N–H and O–H groups in total. The fourth-order valence-electron chi connectivity index (χ4n) is 7.12. The summed E-state index contributed by atoms with van der Waals surface area (Å²) in [4.78, 5) is 36.5. The van der Waals surface area contributed by atoms with Crippen molar-refractivity contribution in [3.63, 3.8) is 0 Å². The zero-order valence-corrected chi connectivity index (χ0v) is 20.7. The van der Waals surface area contributed by atoms with Gasteiger partial charge in [0.1, 0.15) is 5.75 Å². The number of aryl methyl sites for hydroxylation is 1. The number of esters is 2. The third-order valence-corrected chi connectivity index (χ3v) is 8.58. The van der Waals surface area contributed by atoms with E-state index >= 15 is 0 Å². The summed E-state index contributed by atoms with van der Waals surface area (Å²) in [6.07, 6.45) is 7.04. The van der Waals surface area contributed by atoms with Crippen molar-refractivity contribution in [2.45, 2.75) is 84.2 Å². The van der Waals surface area contributed by atoms with Gasteiger partial charge in [0.2, 0.25) is 0 Å². The third-order valence-electron chi connectivity index (χ3n) is 8.31. The first kappa shape index (κ1) is 24.3. The number of ether oxygens (including phenoxy) is 2. The molecular formula is C27H35ClO5. The van der Waals surface area contributed by atoms with Crippen LogP contribution in [0.5, 0.6) is 5.75 Å². The molecule has 1 aromatic carbocycles. The van der Waals surface area contributed by atoms with Crippen LogP contribution < -0.4 is 4.74 Å². The van der Waals surface area contributed by atoms with Crippen LogP contribution in [0.25, 0.3) is 0 Å². The van der Waals surface area contributed by atoms with E-state index < -0.39 is 11.5 Å². The Kier molecular flexibility index (Phi) is 7.18. The van der Waals surface area contributed by atoms with Crippen LogP contribution in [0, 0.1) is 23.2 Å². The van der Waals surface area contributed by atoms with Gasteiger partial charge in [0.05, 0.1) is 0 Å². The van der Waals surface area contributed by atoms with Gasteiger partial charge < -0.3 is 9.47 Å². The second-order valence-electron chi connectivity index (χ2n) is 10.4. The SMILES string of the molecule is CC(=O)Oc1ccc2c(c1)CC[C@@H]1[C@@H]2C(CCCCCCl)C[C@]2(C)C(=O)C(OC(C)=O)C[C@@H]12. The second kappa shape index (κ2) is 9.77. The first-order valence-electron chi connectivity index (χ1n) is 12.3. The molecule has 0 radical (unpaired) electrons. The van der Waals surface area contributed by atoms with Gasteiger partial charge in [-0.05, 0) is 85.5 Å². The maximum atomic E-state index is 13.4. The fraction of sp³-hybridized carbons (Fsp3) is 0.667. The summed E-state index contributed by atoms with van der Waals surface area (Å²) in [6, 6.07) is 6.06. The number of ketones is 1. The predicted octanol–water partition coefficient (Wildman–Crippen LogP) is 5.60. The highest BCUT2D eigenvalue weighted by atomic mass is 35.5. The molecule has 180 valence electrons. The highest BCUT2D eigenvalue weighted by molar-refractivity contribution is 6.17. The molecule has 0 amide bonds. The first-order valence-corrected chi connectivity index (χ1v) is 12.9. The zero-order chi connectivity index (χ0) is 23.8. The number of carbonyl (C=O) groups excluding carboxylic acids is 3. The van der Waals surface area contributed by atoms with Gasteiger partial charge in [-0.3, -0.25) is 14.4 Å². The van der Waals surface area contributed by atoms with E-state index in [0.29, 0.717) is 35.8 Å². The largest absolute Gasteiger partial charge is 0.455 e. The lowest BCUT2D eigenvalue weighted by molar-refractivity contribution is -0.153. The van der Waals surface area contributed by atoms with Gasteiger partial charge in [-0.25, -0.2) is 0 Å². The molecule has 0 heterocycles. The van der Waals surface area contributed by atoms with Crippen molar-refractivity contribution < 1.29 is 23.9 Å². The van der Waals surface area contributed by atoms with E-state index in [-0.39, 0.29) is 23.6 Å². The average Bonchev–Trinajstić information content (AvgIpc) is 3.00. The van der Waals surface area contributed by atoms with Crippen molar-refractivity contribution in [1.29, 1.82) is 0 Å². The molecular weight excluding hydrogens is 440 g/mol. The van der Waals surface area contributed by atoms with E-state index in [2.05, 4.69) is 13.0 Å². The van der Waals surface area contributed by atoms with Crippen molar-refractivity contribution in [2.75, 3.05) is 5.88 Å². The standard InChI is InChI=1S/C27H35ClO5/c1-16(29)32-20-9-11-21-18(13-20)8-10-22-23-14-24(33-17(2)30)26(31)27(23,3)15-19(25(21)22)7-5-4-6-12-28/h9,11,13,19,22-25H,4-8,10,12,14-15H2,1-3H3/t19?,22-,23-,24?,25+,27-/m0/s1. The minimum Gasteiger partial charge on any atom is -0.455 e. The van der Waals surface area contributed by atoms with Crippen molar-refractivity contribution in [3.05, 3.63) is 29.3 Å². The van der Waals surface area contributed by atoms with Gasteiger partial charge in [-0.15, -0.1) is 11.6 Å². The maximum Gasteiger partial charge on any atom is 0.308 e. The van der Waals surface area contributed by atoms with Crippen LogP contribution in [0.4, 0.5) is 0 Å². The second-order valence-corrected chi connectivity index (χ2v) is 10.8.